The molecule has 21 heavy (non-hydrogen) atoms. The quantitative estimate of drug-likeness (QED) is 0.832. The molecule has 6 heteroatoms. The molecule has 0 atom stereocenters. The molecule has 0 aliphatic heterocycles. The van der Waals surface area contributed by atoms with Gasteiger partial charge in [0.1, 0.15) is 0 Å². The van der Waals surface area contributed by atoms with E-state index in [9.17, 15) is 0 Å². The zero-order valence-electron chi connectivity index (χ0n) is 12.9. The van der Waals surface area contributed by atoms with Gasteiger partial charge in [-0.2, -0.15) is 0 Å². The molecule has 0 bridgehead atoms. The highest BCUT2D eigenvalue weighted by Crippen LogP contribution is 2.22. The lowest BCUT2D eigenvalue weighted by molar-refractivity contribution is 0.265. The van der Waals surface area contributed by atoms with Gasteiger partial charge < -0.3 is 9.84 Å². The third kappa shape index (κ3) is 5.90. The average Bonchev–Trinajstić information content (AvgIpc) is 2.95. The van der Waals surface area contributed by atoms with Crippen LogP contribution in [0.25, 0.3) is 0 Å². The lowest BCUT2D eigenvalue weighted by Gasteiger charge is -2.19. The maximum atomic E-state index is 5.41. The molecule has 0 unspecified atom stereocenters. The van der Waals surface area contributed by atoms with Crippen LogP contribution in [0.15, 0.2) is 25.8 Å². The summed E-state index contributed by atoms with van der Waals surface area (Å²) in [6.45, 7) is 8.81. The van der Waals surface area contributed by atoms with Gasteiger partial charge in [0, 0.05) is 24.7 Å². The van der Waals surface area contributed by atoms with E-state index < -0.39 is 0 Å². The summed E-state index contributed by atoms with van der Waals surface area (Å²) in [5, 5.41) is 9.69. The van der Waals surface area contributed by atoms with E-state index in [1.54, 1.807) is 11.3 Å². The van der Waals surface area contributed by atoms with E-state index in [-0.39, 0.29) is 5.54 Å². The SMILES string of the molecule is CN(Cc1csc(Br)c1)Cc1cc(CNC(C)(C)C)no1. The first-order valence-electron chi connectivity index (χ1n) is 6.93. The first kappa shape index (κ1) is 16.7. The lowest BCUT2D eigenvalue weighted by atomic mass is 10.1. The Kier molecular flexibility index (Phi) is 5.60. The lowest BCUT2D eigenvalue weighted by Crippen LogP contribution is -2.35. The van der Waals surface area contributed by atoms with Gasteiger partial charge in [-0.3, -0.25) is 4.90 Å². The van der Waals surface area contributed by atoms with Crippen LogP contribution < -0.4 is 5.32 Å². The standard InChI is InChI=1S/C15H22BrN3OS/c1-15(2,3)17-7-12-6-13(20-18-12)9-19(4)8-11-5-14(16)21-10-11/h5-6,10,17H,7-9H2,1-4H3. The van der Waals surface area contributed by atoms with Crippen LogP contribution in [0.5, 0.6) is 0 Å². The van der Waals surface area contributed by atoms with Crippen molar-refractivity contribution in [3.8, 4) is 0 Å². The highest BCUT2D eigenvalue weighted by Gasteiger charge is 2.12. The fraction of sp³-hybridized carbons (Fsp3) is 0.533. The third-order valence-corrected chi connectivity index (χ3v) is 4.46. The van der Waals surface area contributed by atoms with Crippen molar-refractivity contribution in [1.82, 2.24) is 15.4 Å². The van der Waals surface area contributed by atoms with E-state index in [1.165, 1.54) is 9.35 Å². The maximum Gasteiger partial charge on any atom is 0.151 e. The summed E-state index contributed by atoms with van der Waals surface area (Å²) in [5.74, 6) is 0.900. The van der Waals surface area contributed by atoms with Crippen LogP contribution in [0.3, 0.4) is 0 Å². The van der Waals surface area contributed by atoms with Gasteiger partial charge in [-0.25, -0.2) is 0 Å². The number of aromatic nitrogens is 1. The Hall–Kier alpha value is -0.690. The topological polar surface area (TPSA) is 41.3 Å². The fourth-order valence-electron chi connectivity index (χ4n) is 1.93. The van der Waals surface area contributed by atoms with Gasteiger partial charge in [0.15, 0.2) is 5.76 Å². The number of hydrogen-bond acceptors (Lipinski definition) is 5. The van der Waals surface area contributed by atoms with Crippen molar-refractivity contribution in [2.24, 2.45) is 0 Å². The van der Waals surface area contributed by atoms with E-state index in [4.69, 9.17) is 4.52 Å². The van der Waals surface area contributed by atoms with E-state index in [0.717, 1.165) is 31.1 Å². The molecule has 1 N–H and O–H groups in total. The van der Waals surface area contributed by atoms with Crippen LogP contribution in [-0.4, -0.2) is 22.6 Å². The number of nitrogens with one attached hydrogen (secondary N) is 1. The van der Waals surface area contributed by atoms with Gasteiger partial charge in [0.2, 0.25) is 0 Å². The smallest absolute Gasteiger partial charge is 0.151 e. The molecule has 0 spiro atoms. The second-order valence-corrected chi connectivity index (χ2v) is 8.61. The summed E-state index contributed by atoms with van der Waals surface area (Å²) in [7, 11) is 2.08. The Morgan fingerprint density at radius 1 is 1.33 bits per heavy atom. The molecule has 0 fully saturated rings. The normalized spacial score (nSPS) is 12.3. The predicted octanol–water partition coefficient (Wildman–Crippen LogP) is 4.02. The second-order valence-electron chi connectivity index (χ2n) is 6.32. The van der Waals surface area contributed by atoms with Crippen molar-refractivity contribution in [2.45, 2.75) is 45.9 Å². The molecule has 2 aromatic rings. The van der Waals surface area contributed by atoms with Crippen molar-refractivity contribution in [2.75, 3.05) is 7.05 Å². The molecular formula is C15H22BrN3OS. The summed E-state index contributed by atoms with van der Waals surface area (Å²) >= 11 is 5.20. The first-order chi connectivity index (χ1) is 9.82. The molecule has 2 rings (SSSR count). The van der Waals surface area contributed by atoms with Crippen LogP contribution >= 0.6 is 27.3 Å². The zero-order chi connectivity index (χ0) is 15.5. The highest BCUT2D eigenvalue weighted by atomic mass is 79.9. The molecule has 0 amide bonds. The summed E-state index contributed by atoms with van der Waals surface area (Å²) < 4.78 is 6.57. The number of nitrogens with zero attached hydrogens (tertiary/aromatic N) is 2. The van der Waals surface area contributed by atoms with Crippen molar-refractivity contribution in [1.29, 1.82) is 0 Å². The molecule has 0 saturated heterocycles. The third-order valence-electron chi connectivity index (χ3n) is 2.91. The monoisotopic (exact) mass is 371 g/mol. The molecule has 0 aliphatic carbocycles. The number of thiophene rings is 1. The summed E-state index contributed by atoms with van der Waals surface area (Å²) in [6.07, 6.45) is 0. The Bertz CT molecular complexity index is 573. The fourth-order valence-corrected chi connectivity index (χ4v) is 3.13. The van der Waals surface area contributed by atoms with Crippen molar-refractivity contribution in [3.63, 3.8) is 0 Å². The number of halogens is 1. The summed E-state index contributed by atoms with van der Waals surface area (Å²) in [6, 6.07) is 4.18. The van der Waals surface area contributed by atoms with E-state index >= 15 is 0 Å². The minimum Gasteiger partial charge on any atom is -0.360 e. The Balaban J connectivity index is 1.84. The molecule has 2 aromatic heterocycles. The van der Waals surface area contributed by atoms with Gasteiger partial charge >= 0.3 is 0 Å². The van der Waals surface area contributed by atoms with Crippen LogP contribution in [0, 0.1) is 0 Å². The van der Waals surface area contributed by atoms with Gasteiger partial charge in [-0.1, -0.05) is 5.16 Å². The van der Waals surface area contributed by atoms with E-state index in [1.807, 2.05) is 6.07 Å². The Morgan fingerprint density at radius 2 is 2.10 bits per heavy atom. The minimum absolute atomic E-state index is 0.0856. The van der Waals surface area contributed by atoms with Gasteiger partial charge in [0.25, 0.3) is 0 Å². The van der Waals surface area contributed by atoms with Gasteiger partial charge in [-0.15, -0.1) is 11.3 Å². The van der Waals surface area contributed by atoms with Crippen molar-refractivity contribution < 1.29 is 4.52 Å². The number of rotatable bonds is 6. The Morgan fingerprint density at radius 3 is 2.71 bits per heavy atom. The zero-order valence-corrected chi connectivity index (χ0v) is 15.3. The highest BCUT2D eigenvalue weighted by molar-refractivity contribution is 9.11. The number of hydrogen-bond donors (Lipinski definition) is 1. The van der Waals surface area contributed by atoms with Crippen LogP contribution in [0.2, 0.25) is 0 Å². The van der Waals surface area contributed by atoms with Gasteiger partial charge in [-0.05, 0) is 60.8 Å². The molecule has 4 nitrogen and oxygen atoms in total. The van der Waals surface area contributed by atoms with Crippen molar-refractivity contribution in [3.05, 3.63) is 38.3 Å². The largest absolute Gasteiger partial charge is 0.360 e. The van der Waals surface area contributed by atoms with E-state index in [0.29, 0.717) is 0 Å². The predicted molar refractivity (Wildman–Crippen MR) is 90.3 cm³/mol. The van der Waals surface area contributed by atoms with Crippen LogP contribution in [-0.2, 0) is 19.6 Å². The Labute approximate surface area is 138 Å². The molecule has 0 aliphatic rings. The average molecular weight is 372 g/mol. The molecule has 0 saturated carbocycles. The van der Waals surface area contributed by atoms with Gasteiger partial charge in [0.05, 0.1) is 16.0 Å². The molecule has 0 radical (unpaired) electrons. The maximum absolute atomic E-state index is 5.41. The first-order valence-corrected chi connectivity index (χ1v) is 8.60. The second kappa shape index (κ2) is 7.05. The molecule has 0 aromatic carbocycles. The van der Waals surface area contributed by atoms with Crippen molar-refractivity contribution >= 4 is 27.3 Å². The van der Waals surface area contributed by atoms with Crippen LogP contribution in [0.4, 0.5) is 0 Å². The molecular weight excluding hydrogens is 350 g/mol. The van der Waals surface area contributed by atoms with E-state index in [2.05, 4.69) is 70.6 Å². The van der Waals surface area contributed by atoms with Crippen LogP contribution in [0.1, 0.15) is 37.8 Å². The minimum atomic E-state index is 0.0856. The summed E-state index contributed by atoms with van der Waals surface area (Å²) in [5.41, 5.74) is 2.34. The molecule has 116 valence electrons. The molecule has 2 heterocycles. The summed E-state index contributed by atoms with van der Waals surface area (Å²) in [4.78, 5) is 2.22.